The molecule has 0 radical (unpaired) electrons. The molecule has 68 valence electrons. The van der Waals surface area contributed by atoms with Crippen LogP contribution in [0.4, 0.5) is 0 Å². The first-order valence-electron chi connectivity index (χ1n) is 4.55. The number of nitrogens with zero attached hydrogens (tertiary/aromatic N) is 1. The second-order valence-electron chi connectivity index (χ2n) is 3.05. The highest BCUT2D eigenvalue weighted by Crippen LogP contribution is 1.99. The maximum absolute atomic E-state index is 3.43. The third kappa shape index (κ3) is 8.35. The van der Waals surface area contributed by atoms with Crippen LogP contribution in [0.25, 0.3) is 0 Å². The molecule has 0 spiro atoms. The predicted octanol–water partition coefficient (Wildman–Crippen LogP) is 2.89. The minimum Gasteiger partial charge on any atom is -0.306 e. The molecule has 1 nitrogen and oxygen atoms in total. The largest absolute Gasteiger partial charge is 0.306 e. The number of rotatable bonds is 7. The molecule has 0 aromatic rings. The lowest BCUT2D eigenvalue weighted by molar-refractivity contribution is 0.326. The molecule has 0 aliphatic carbocycles. The monoisotopic (exact) mass is 221 g/mol. The zero-order valence-electron chi connectivity index (χ0n) is 7.77. The van der Waals surface area contributed by atoms with Crippen molar-refractivity contribution in [3.63, 3.8) is 0 Å². The fourth-order valence-electron chi connectivity index (χ4n) is 1.15. The first kappa shape index (κ1) is 11.4. The Hall–Kier alpha value is 0.440. The van der Waals surface area contributed by atoms with E-state index in [1.807, 2.05) is 0 Å². The van der Waals surface area contributed by atoms with E-state index in [-0.39, 0.29) is 0 Å². The molecule has 0 aromatic heterocycles. The average Bonchev–Trinajstić information content (AvgIpc) is 1.99. The van der Waals surface area contributed by atoms with Gasteiger partial charge in [0.05, 0.1) is 0 Å². The molecule has 0 atom stereocenters. The van der Waals surface area contributed by atoms with Crippen LogP contribution in [0.1, 0.15) is 32.6 Å². The molecule has 0 amide bonds. The molecule has 0 fully saturated rings. The minimum atomic E-state index is 1.16. The summed E-state index contributed by atoms with van der Waals surface area (Å²) in [5.74, 6) is 0. The first-order valence-corrected chi connectivity index (χ1v) is 5.68. The average molecular weight is 222 g/mol. The van der Waals surface area contributed by atoms with Gasteiger partial charge < -0.3 is 4.90 Å². The molecular formula is C9H20BrN. The number of unbranched alkanes of at least 4 members (excludes halogenated alkanes) is 2. The summed E-state index contributed by atoms with van der Waals surface area (Å²) in [7, 11) is 2.21. The fraction of sp³-hybridized carbons (Fsp3) is 1.00. The van der Waals surface area contributed by atoms with E-state index in [2.05, 4.69) is 34.8 Å². The lowest BCUT2D eigenvalue weighted by atomic mass is 10.2. The molecule has 0 bridgehead atoms. The molecule has 0 N–H and O–H groups in total. The van der Waals surface area contributed by atoms with Crippen molar-refractivity contribution in [2.45, 2.75) is 32.6 Å². The van der Waals surface area contributed by atoms with Gasteiger partial charge in [-0.05, 0) is 39.4 Å². The van der Waals surface area contributed by atoms with Crippen molar-refractivity contribution in [2.24, 2.45) is 0 Å². The molecule has 0 aliphatic heterocycles. The zero-order chi connectivity index (χ0) is 8.53. The second-order valence-corrected chi connectivity index (χ2v) is 3.85. The summed E-state index contributed by atoms with van der Waals surface area (Å²) in [5.41, 5.74) is 0. The Kier molecular flexibility index (Phi) is 8.88. The summed E-state index contributed by atoms with van der Waals surface area (Å²) in [6.45, 7) is 4.74. The van der Waals surface area contributed by atoms with Crippen LogP contribution in [-0.2, 0) is 0 Å². The van der Waals surface area contributed by atoms with Crippen LogP contribution in [0.3, 0.4) is 0 Å². The summed E-state index contributed by atoms with van der Waals surface area (Å²) < 4.78 is 0. The Labute approximate surface area is 79.3 Å². The van der Waals surface area contributed by atoms with Gasteiger partial charge in [0.15, 0.2) is 0 Å². The van der Waals surface area contributed by atoms with Gasteiger partial charge in [0.25, 0.3) is 0 Å². The molecule has 0 aromatic carbocycles. The van der Waals surface area contributed by atoms with Crippen molar-refractivity contribution in [2.75, 3.05) is 25.5 Å². The normalized spacial score (nSPS) is 10.9. The quantitative estimate of drug-likeness (QED) is 0.473. The molecular weight excluding hydrogens is 202 g/mol. The van der Waals surface area contributed by atoms with Crippen molar-refractivity contribution >= 4 is 15.9 Å². The highest BCUT2D eigenvalue weighted by atomic mass is 79.9. The Morgan fingerprint density at radius 3 is 2.36 bits per heavy atom. The summed E-state index contributed by atoms with van der Waals surface area (Å²) in [5, 5.41) is 1.16. The van der Waals surface area contributed by atoms with Crippen molar-refractivity contribution < 1.29 is 0 Å². The number of hydrogen-bond donors (Lipinski definition) is 0. The SMILES string of the molecule is CCCN(C)CCCCCBr. The van der Waals surface area contributed by atoms with Gasteiger partial charge in [-0.1, -0.05) is 29.3 Å². The minimum absolute atomic E-state index is 1.16. The summed E-state index contributed by atoms with van der Waals surface area (Å²) in [6.07, 6.45) is 5.30. The van der Waals surface area contributed by atoms with Crippen molar-refractivity contribution in [3.05, 3.63) is 0 Å². The smallest absolute Gasteiger partial charge is 0.00313 e. The fourth-order valence-corrected chi connectivity index (χ4v) is 1.54. The van der Waals surface area contributed by atoms with Gasteiger partial charge in [0.1, 0.15) is 0 Å². The van der Waals surface area contributed by atoms with Crippen LogP contribution in [0, 0.1) is 0 Å². The van der Waals surface area contributed by atoms with Crippen molar-refractivity contribution in [3.8, 4) is 0 Å². The van der Waals surface area contributed by atoms with E-state index in [4.69, 9.17) is 0 Å². The molecule has 0 unspecified atom stereocenters. The number of halogens is 1. The van der Waals surface area contributed by atoms with Crippen LogP contribution < -0.4 is 0 Å². The van der Waals surface area contributed by atoms with Gasteiger partial charge in [-0.2, -0.15) is 0 Å². The first-order chi connectivity index (χ1) is 5.31. The highest BCUT2D eigenvalue weighted by molar-refractivity contribution is 9.09. The molecule has 0 saturated heterocycles. The maximum atomic E-state index is 3.43. The predicted molar refractivity (Wildman–Crippen MR) is 55.4 cm³/mol. The molecule has 0 rings (SSSR count). The Morgan fingerprint density at radius 1 is 1.09 bits per heavy atom. The molecule has 0 aliphatic rings. The summed E-state index contributed by atoms with van der Waals surface area (Å²) in [6, 6.07) is 0. The van der Waals surface area contributed by atoms with Gasteiger partial charge in [0.2, 0.25) is 0 Å². The van der Waals surface area contributed by atoms with Crippen LogP contribution in [0.5, 0.6) is 0 Å². The van der Waals surface area contributed by atoms with Crippen molar-refractivity contribution in [1.29, 1.82) is 0 Å². The molecule has 0 saturated carbocycles. The lowest BCUT2D eigenvalue weighted by Crippen LogP contribution is -2.20. The zero-order valence-corrected chi connectivity index (χ0v) is 9.36. The standard InChI is InChI=1S/C9H20BrN/c1-3-8-11(2)9-6-4-5-7-10/h3-9H2,1-2H3. The van der Waals surface area contributed by atoms with E-state index in [1.54, 1.807) is 0 Å². The maximum Gasteiger partial charge on any atom is 0.00313 e. The molecule has 2 heteroatoms. The van der Waals surface area contributed by atoms with E-state index in [0.29, 0.717) is 0 Å². The highest BCUT2D eigenvalue weighted by Gasteiger charge is 1.94. The van der Waals surface area contributed by atoms with Gasteiger partial charge in [-0.25, -0.2) is 0 Å². The van der Waals surface area contributed by atoms with Gasteiger partial charge in [-0.15, -0.1) is 0 Å². The van der Waals surface area contributed by atoms with Crippen LogP contribution >= 0.6 is 15.9 Å². The Morgan fingerprint density at radius 2 is 1.82 bits per heavy atom. The van der Waals surface area contributed by atoms with Crippen LogP contribution in [-0.4, -0.2) is 30.4 Å². The van der Waals surface area contributed by atoms with Crippen LogP contribution in [0.2, 0.25) is 0 Å². The Balaban J connectivity index is 2.97. The molecule has 0 heterocycles. The van der Waals surface area contributed by atoms with E-state index in [1.165, 1.54) is 38.8 Å². The van der Waals surface area contributed by atoms with Crippen molar-refractivity contribution in [1.82, 2.24) is 4.90 Å². The number of alkyl halides is 1. The van der Waals surface area contributed by atoms with E-state index >= 15 is 0 Å². The van der Waals surface area contributed by atoms with Gasteiger partial charge >= 0.3 is 0 Å². The summed E-state index contributed by atoms with van der Waals surface area (Å²) in [4.78, 5) is 2.41. The second kappa shape index (κ2) is 8.54. The lowest BCUT2D eigenvalue weighted by Gasteiger charge is -2.14. The third-order valence-electron chi connectivity index (χ3n) is 1.78. The van der Waals surface area contributed by atoms with Gasteiger partial charge in [0, 0.05) is 5.33 Å². The Bertz CT molecular complexity index is 76.0. The molecule has 11 heavy (non-hydrogen) atoms. The third-order valence-corrected chi connectivity index (χ3v) is 2.34. The van der Waals surface area contributed by atoms with E-state index < -0.39 is 0 Å². The van der Waals surface area contributed by atoms with Crippen LogP contribution in [0.15, 0.2) is 0 Å². The van der Waals surface area contributed by atoms with E-state index in [0.717, 1.165) is 5.33 Å². The number of hydrogen-bond acceptors (Lipinski definition) is 1. The topological polar surface area (TPSA) is 3.24 Å². The van der Waals surface area contributed by atoms with E-state index in [9.17, 15) is 0 Å². The summed E-state index contributed by atoms with van der Waals surface area (Å²) >= 11 is 3.43. The van der Waals surface area contributed by atoms with Gasteiger partial charge in [-0.3, -0.25) is 0 Å².